The second-order valence-corrected chi connectivity index (χ2v) is 9.46. The van der Waals surface area contributed by atoms with E-state index >= 15 is 0 Å². The van der Waals surface area contributed by atoms with Crippen LogP contribution in [-0.4, -0.2) is 76.8 Å². The lowest BCUT2D eigenvalue weighted by Gasteiger charge is -2.35. The molecule has 1 N–H and O–H groups in total. The molecule has 1 aromatic heterocycles. The van der Waals surface area contributed by atoms with E-state index in [0.29, 0.717) is 24.6 Å². The van der Waals surface area contributed by atoms with Crippen LogP contribution in [0.5, 0.6) is 11.5 Å². The number of hydrogen-bond acceptors (Lipinski definition) is 6. The van der Waals surface area contributed by atoms with Crippen LogP contribution in [0.25, 0.3) is 0 Å². The zero-order valence-corrected chi connectivity index (χ0v) is 20.2. The summed E-state index contributed by atoms with van der Waals surface area (Å²) in [5.74, 6) is 0.285. The number of benzene rings is 1. The van der Waals surface area contributed by atoms with Gasteiger partial charge < -0.3 is 14.4 Å². The number of halogens is 1. The third kappa shape index (κ3) is 6.58. The molecule has 0 unspecified atom stereocenters. The SMILES string of the molecule is Cn1c(CN2CCCCCC2)cc(=O)c(O)c1CN1CCN(CCOc2ccc(F)cc2)CC1. The molecule has 34 heavy (non-hydrogen) atoms. The van der Waals surface area contributed by atoms with Crippen molar-refractivity contribution in [1.29, 1.82) is 0 Å². The van der Waals surface area contributed by atoms with Gasteiger partial charge in [0.25, 0.3) is 0 Å². The fourth-order valence-corrected chi connectivity index (χ4v) is 4.85. The van der Waals surface area contributed by atoms with E-state index in [1.54, 1.807) is 18.2 Å². The predicted octanol–water partition coefficient (Wildman–Crippen LogP) is 2.80. The zero-order valence-electron chi connectivity index (χ0n) is 20.2. The Morgan fingerprint density at radius 3 is 2.18 bits per heavy atom. The minimum atomic E-state index is -0.283. The molecule has 2 aliphatic rings. The topological polar surface area (TPSA) is 61.2 Å². The summed E-state index contributed by atoms with van der Waals surface area (Å²) in [5.41, 5.74) is 1.39. The summed E-state index contributed by atoms with van der Waals surface area (Å²) in [6.07, 6.45) is 4.97. The van der Waals surface area contributed by atoms with Crippen molar-refractivity contribution in [2.75, 3.05) is 52.4 Å². The first-order valence-corrected chi connectivity index (χ1v) is 12.5. The van der Waals surface area contributed by atoms with E-state index in [0.717, 1.165) is 58.1 Å². The number of nitrogens with zero attached hydrogens (tertiary/aromatic N) is 4. The Morgan fingerprint density at radius 2 is 1.50 bits per heavy atom. The smallest absolute Gasteiger partial charge is 0.223 e. The largest absolute Gasteiger partial charge is 0.503 e. The molecule has 1 aromatic carbocycles. The summed E-state index contributed by atoms with van der Waals surface area (Å²) < 4.78 is 20.7. The maximum absolute atomic E-state index is 13.0. The predicted molar refractivity (Wildman–Crippen MR) is 131 cm³/mol. The van der Waals surface area contributed by atoms with Crippen LogP contribution in [0.4, 0.5) is 4.39 Å². The zero-order chi connectivity index (χ0) is 23.9. The number of rotatable bonds is 8. The average molecular weight is 473 g/mol. The number of hydrogen-bond donors (Lipinski definition) is 1. The number of likely N-dealkylation sites (tertiary alicyclic amines) is 1. The van der Waals surface area contributed by atoms with Crippen molar-refractivity contribution in [1.82, 2.24) is 19.3 Å². The molecule has 0 aliphatic carbocycles. The molecule has 186 valence electrons. The van der Waals surface area contributed by atoms with Crippen LogP contribution in [0.15, 0.2) is 35.1 Å². The van der Waals surface area contributed by atoms with Gasteiger partial charge >= 0.3 is 0 Å². The highest BCUT2D eigenvalue weighted by molar-refractivity contribution is 5.30. The number of pyridine rings is 1. The monoisotopic (exact) mass is 472 g/mol. The van der Waals surface area contributed by atoms with E-state index in [1.165, 1.54) is 37.8 Å². The molecule has 0 radical (unpaired) electrons. The summed E-state index contributed by atoms with van der Waals surface area (Å²) >= 11 is 0. The average Bonchev–Trinajstić information content (AvgIpc) is 3.11. The van der Waals surface area contributed by atoms with Gasteiger partial charge in [0.15, 0.2) is 5.75 Å². The summed E-state index contributed by atoms with van der Waals surface area (Å²) in [6.45, 7) is 8.32. The highest BCUT2D eigenvalue weighted by Gasteiger charge is 2.21. The minimum absolute atomic E-state index is 0.128. The lowest BCUT2D eigenvalue weighted by Crippen LogP contribution is -2.47. The highest BCUT2D eigenvalue weighted by atomic mass is 19.1. The fourth-order valence-electron chi connectivity index (χ4n) is 4.85. The number of aromatic nitrogens is 1. The standard InChI is InChI=1S/C26H37FN4O3/c1-28-22(19-30-10-4-2-3-5-11-30)18-25(32)26(33)24(28)20-31-14-12-29(13-15-31)16-17-34-23-8-6-21(27)7-9-23/h6-9,18,33H,2-5,10-17,19-20H2,1H3. The molecule has 0 bridgehead atoms. The molecular weight excluding hydrogens is 435 g/mol. The molecule has 2 fully saturated rings. The third-order valence-electron chi connectivity index (χ3n) is 7.05. The van der Waals surface area contributed by atoms with Crippen molar-refractivity contribution in [3.8, 4) is 11.5 Å². The van der Waals surface area contributed by atoms with Crippen molar-refractivity contribution in [3.63, 3.8) is 0 Å². The van der Waals surface area contributed by atoms with Gasteiger partial charge in [0.1, 0.15) is 18.2 Å². The molecule has 0 saturated carbocycles. The first-order chi connectivity index (χ1) is 16.5. The Balaban J connectivity index is 1.30. The summed E-state index contributed by atoms with van der Waals surface area (Å²) in [5, 5.41) is 10.6. The maximum Gasteiger partial charge on any atom is 0.223 e. The lowest BCUT2D eigenvalue weighted by atomic mass is 10.2. The molecule has 2 aromatic rings. The molecule has 8 heteroatoms. The van der Waals surface area contributed by atoms with E-state index in [4.69, 9.17) is 4.74 Å². The van der Waals surface area contributed by atoms with Crippen LogP contribution in [0.3, 0.4) is 0 Å². The van der Waals surface area contributed by atoms with Gasteiger partial charge in [-0.3, -0.25) is 19.5 Å². The van der Waals surface area contributed by atoms with Crippen LogP contribution in [0, 0.1) is 5.82 Å². The third-order valence-corrected chi connectivity index (χ3v) is 7.05. The van der Waals surface area contributed by atoms with Crippen LogP contribution in [-0.2, 0) is 20.1 Å². The van der Waals surface area contributed by atoms with Gasteiger partial charge in [-0.1, -0.05) is 12.8 Å². The number of aromatic hydroxyl groups is 1. The van der Waals surface area contributed by atoms with Crippen molar-refractivity contribution in [2.45, 2.75) is 38.8 Å². The summed E-state index contributed by atoms with van der Waals surface area (Å²) in [4.78, 5) is 19.6. The van der Waals surface area contributed by atoms with E-state index in [1.807, 2.05) is 11.6 Å². The number of piperazine rings is 1. The van der Waals surface area contributed by atoms with Gasteiger partial charge in [-0.15, -0.1) is 0 Å². The fraction of sp³-hybridized carbons (Fsp3) is 0.577. The van der Waals surface area contributed by atoms with Gasteiger partial charge in [-0.2, -0.15) is 0 Å². The first-order valence-electron chi connectivity index (χ1n) is 12.5. The maximum atomic E-state index is 13.0. The van der Waals surface area contributed by atoms with Gasteiger partial charge in [-0.25, -0.2) is 4.39 Å². The van der Waals surface area contributed by atoms with E-state index in [9.17, 15) is 14.3 Å². The van der Waals surface area contributed by atoms with Crippen LogP contribution < -0.4 is 10.2 Å². The number of ether oxygens (including phenoxy) is 1. The molecule has 7 nitrogen and oxygen atoms in total. The van der Waals surface area contributed by atoms with Crippen molar-refractivity contribution >= 4 is 0 Å². The molecule has 0 spiro atoms. The first kappa shape index (κ1) is 24.7. The van der Waals surface area contributed by atoms with Crippen molar-refractivity contribution in [3.05, 3.63) is 57.8 Å². The minimum Gasteiger partial charge on any atom is -0.503 e. The molecule has 3 heterocycles. The van der Waals surface area contributed by atoms with Gasteiger partial charge in [0, 0.05) is 64.6 Å². The second-order valence-electron chi connectivity index (χ2n) is 9.46. The Hall–Kier alpha value is -2.42. The Bertz CT molecular complexity index is 979. The summed E-state index contributed by atoms with van der Waals surface area (Å²) in [7, 11) is 1.96. The molecule has 2 aliphatic heterocycles. The van der Waals surface area contributed by atoms with Gasteiger partial charge in [0.2, 0.25) is 5.43 Å². The molecular formula is C26H37FN4O3. The van der Waals surface area contributed by atoms with E-state index in [-0.39, 0.29) is 17.0 Å². The molecule has 0 atom stereocenters. The quantitative estimate of drug-likeness (QED) is 0.638. The lowest BCUT2D eigenvalue weighted by molar-refractivity contribution is 0.110. The van der Waals surface area contributed by atoms with Crippen molar-refractivity contribution < 1.29 is 14.2 Å². The summed E-state index contributed by atoms with van der Waals surface area (Å²) in [6, 6.07) is 7.69. The van der Waals surface area contributed by atoms with Crippen molar-refractivity contribution in [2.24, 2.45) is 7.05 Å². The van der Waals surface area contributed by atoms with Crippen LogP contribution >= 0.6 is 0 Å². The van der Waals surface area contributed by atoms with Crippen LogP contribution in [0.2, 0.25) is 0 Å². The molecule has 0 amide bonds. The molecule has 4 rings (SSSR count). The van der Waals surface area contributed by atoms with Gasteiger partial charge in [-0.05, 0) is 50.2 Å². The Kier molecular flexibility index (Phi) is 8.59. The molecule has 2 saturated heterocycles. The Morgan fingerprint density at radius 1 is 0.882 bits per heavy atom. The normalized spacial score (nSPS) is 18.6. The van der Waals surface area contributed by atoms with E-state index in [2.05, 4.69) is 14.7 Å². The highest BCUT2D eigenvalue weighted by Crippen LogP contribution is 2.19. The van der Waals surface area contributed by atoms with E-state index < -0.39 is 0 Å². The Labute approximate surface area is 201 Å². The second kappa shape index (κ2) is 11.8. The van der Waals surface area contributed by atoms with Gasteiger partial charge in [0.05, 0.1) is 5.69 Å². The van der Waals surface area contributed by atoms with Crippen LogP contribution in [0.1, 0.15) is 37.1 Å².